The summed E-state index contributed by atoms with van der Waals surface area (Å²) in [5, 5.41) is 7.14. The van der Waals surface area contributed by atoms with Crippen molar-refractivity contribution >= 4 is 39.0 Å². The Morgan fingerprint density at radius 1 is 1.57 bits per heavy atom. The minimum atomic E-state index is 0.0434. The summed E-state index contributed by atoms with van der Waals surface area (Å²) in [6.07, 6.45) is 3.88. The summed E-state index contributed by atoms with van der Waals surface area (Å²) < 4.78 is 0.816. The minimum Gasteiger partial charge on any atom is -0.372 e. The Hall–Kier alpha value is -1.40. The molecular formula is C15H16BrN3OS. The molecule has 1 saturated carbocycles. The zero-order valence-electron chi connectivity index (χ0n) is 11.7. The first-order valence-electron chi connectivity index (χ1n) is 6.84. The van der Waals surface area contributed by atoms with Crippen molar-refractivity contribution in [3.8, 4) is 0 Å². The fraction of sp³-hybridized carbons (Fsp3) is 0.333. The van der Waals surface area contributed by atoms with Gasteiger partial charge in [-0.05, 0) is 57.2 Å². The van der Waals surface area contributed by atoms with E-state index in [4.69, 9.17) is 0 Å². The van der Waals surface area contributed by atoms with Crippen LogP contribution in [0.1, 0.15) is 28.8 Å². The number of carbonyl (C=O) groups excluding carboxylic acids is 1. The number of anilines is 1. The molecule has 0 atom stereocenters. The Balaban J connectivity index is 1.89. The van der Waals surface area contributed by atoms with Crippen molar-refractivity contribution in [2.45, 2.75) is 25.4 Å². The number of thiophene rings is 1. The van der Waals surface area contributed by atoms with Gasteiger partial charge in [-0.1, -0.05) is 0 Å². The summed E-state index contributed by atoms with van der Waals surface area (Å²) in [6.45, 7) is 0.669. The molecule has 0 spiro atoms. The molecule has 21 heavy (non-hydrogen) atoms. The van der Waals surface area contributed by atoms with E-state index in [0.29, 0.717) is 24.0 Å². The third-order valence-corrected chi connectivity index (χ3v) is 4.67. The van der Waals surface area contributed by atoms with Crippen molar-refractivity contribution in [3.05, 3.63) is 44.7 Å². The van der Waals surface area contributed by atoms with Gasteiger partial charge in [0.15, 0.2) is 0 Å². The van der Waals surface area contributed by atoms with Crippen LogP contribution in [0.3, 0.4) is 0 Å². The SMILES string of the molecule is CNc1ncc(Br)cc1C(=O)N(Cc1ccsc1)C1CC1. The second-order valence-corrected chi connectivity index (χ2v) is 6.79. The number of nitrogens with one attached hydrogen (secondary N) is 1. The molecule has 0 saturated heterocycles. The lowest BCUT2D eigenvalue weighted by molar-refractivity contribution is 0.0730. The first kappa shape index (κ1) is 14.5. The van der Waals surface area contributed by atoms with Crippen LogP contribution in [0.2, 0.25) is 0 Å². The largest absolute Gasteiger partial charge is 0.372 e. The molecule has 0 aliphatic heterocycles. The zero-order valence-corrected chi connectivity index (χ0v) is 14.1. The van der Waals surface area contributed by atoms with Crippen LogP contribution >= 0.6 is 27.3 Å². The van der Waals surface area contributed by atoms with Gasteiger partial charge in [0.2, 0.25) is 0 Å². The van der Waals surface area contributed by atoms with Crippen LogP contribution in [0, 0.1) is 0 Å². The van der Waals surface area contributed by atoms with Crippen LogP contribution in [0.5, 0.6) is 0 Å². The van der Waals surface area contributed by atoms with Crippen molar-refractivity contribution in [3.63, 3.8) is 0 Å². The van der Waals surface area contributed by atoms with Crippen molar-refractivity contribution in [2.75, 3.05) is 12.4 Å². The van der Waals surface area contributed by atoms with Crippen LogP contribution in [0.4, 0.5) is 5.82 Å². The summed E-state index contributed by atoms with van der Waals surface area (Å²) in [6, 6.07) is 4.27. The molecule has 0 unspecified atom stereocenters. The number of hydrogen-bond acceptors (Lipinski definition) is 4. The van der Waals surface area contributed by atoms with Gasteiger partial charge in [0.1, 0.15) is 5.82 Å². The standard InChI is InChI=1S/C15H16BrN3OS/c1-17-14-13(6-11(16)7-18-14)15(20)19(12-2-3-12)8-10-4-5-21-9-10/h4-7,9,12H,2-3,8H2,1H3,(H,17,18). The highest BCUT2D eigenvalue weighted by Crippen LogP contribution is 2.31. The summed E-state index contributed by atoms with van der Waals surface area (Å²) in [7, 11) is 1.79. The predicted molar refractivity (Wildman–Crippen MR) is 88.7 cm³/mol. The molecule has 4 nitrogen and oxygen atoms in total. The highest BCUT2D eigenvalue weighted by atomic mass is 79.9. The normalized spacial score (nSPS) is 14.0. The van der Waals surface area contributed by atoms with E-state index in [1.807, 2.05) is 16.3 Å². The number of amides is 1. The first-order chi connectivity index (χ1) is 10.2. The van der Waals surface area contributed by atoms with Gasteiger partial charge in [0, 0.05) is 30.3 Å². The van der Waals surface area contributed by atoms with Crippen LogP contribution in [0.25, 0.3) is 0 Å². The number of hydrogen-bond donors (Lipinski definition) is 1. The van der Waals surface area contributed by atoms with Gasteiger partial charge in [-0.3, -0.25) is 4.79 Å². The molecule has 1 N–H and O–H groups in total. The lowest BCUT2D eigenvalue weighted by Crippen LogP contribution is -2.33. The monoisotopic (exact) mass is 365 g/mol. The molecule has 2 heterocycles. The average molecular weight is 366 g/mol. The molecule has 6 heteroatoms. The lowest BCUT2D eigenvalue weighted by atomic mass is 10.2. The molecule has 3 rings (SSSR count). The second kappa shape index (κ2) is 6.15. The molecule has 2 aromatic rings. The molecule has 0 radical (unpaired) electrons. The highest BCUT2D eigenvalue weighted by Gasteiger charge is 2.34. The minimum absolute atomic E-state index is 0.0434. The molecule has 2 aromatic heterocycles. The maximum Gasteiger partial charge on any atom is 0.258 e. The molecule has 1 aliphatic rings. The van der Waals surface area contributed by atoms with Crippen LogP contribution in [-0.2, 0) is 6.54 Å². The molecule has 110 valence electrons. The predicted octanol–water partition coefficient (Wildman–Crippen LogP) is 3.75. The van der Waals surface area contributed by atoms with Gasteiger partial charge in [-0.25, -0.2) is 4.98 Å². The molecule has 0 aromatic carbocycles. The van der Waals surface area contributed by atoms with E-state index in [1.54, 1.807) is 24.6 Å². The average Bonchev–Trinajstić information content (AvgIpc) is 3.20. The van der Waals surface area contributed by atoms with Crippen molar-refractivity contribution in [1.82, 2.24) is 9.88 Å². The summed E-state index contributed by atoms with van der Waals surface area (Å²) >= 11 is 5.06. The Bertz CT molecular complexity index is 640. The molecule has 0 bridgehead atoms. The topological polar surface area (TPSA) is 45.2 Å². The summed E-state index contributed by atoms with van der Waals surface area (Å²) in [5.41, 5.74) is 1.81. The van der Waals surface area contributed by atoms with Crippen LogP contribution in [0.15, 0.2) is 33.6 Å². The maximum atomic E-state index is 12.9. The van der Waals surface area contributed by atoms with E-state index >= 15 is 0 Å². The number of nitrogens with zero attached hydrogens (tertiary/aromatic N) is 2. The highest BCUT2D eigenvalue weighted by molar-refractivity contribution is 9.10. The number of halogens is 1. The quantitative estimate of drug-likeness (QED) is 0.877. The number of carbonyl (C=O) groups is 1. The van der Waals surface area contributed by atoms with E-state index in [1.165, 1.54) is 5.56 Å². The Morgan fingerprint density at radius 3 is 3.00 bits per heavy atom. The maximum absolute atomic E-state index is 12.9. The van der Waals surface area contributed by atoms with E-state index in [9.17, 15) is 4.79 Å². The number of aromatic nitrogens is 1. The second-order valence-electron chi connectivity index (χ2n) is 5.10. The Morgan fingerprint density at radius 2 is 2.38 bits per heavy atom. The van der Waals surface area contributed by atoms with Gasteiger partial charge < -0.3 is 10.2 Å². The van der Waals surface area contributed by atoms with E-state index in [-0.39, 0.29) is 5.91 Å². The third-order valence-electron chi connectivity index (χ3n) is 3.50. The van der Waals surface area contributed by atoms with E-state index in [2.05, 4.69) is 37.7 Å². The zero-order chi connectivity index (χ0) is 14.8. The Labute approximate surface area is 136 Å². The molecule has 1 amide bonds. The van der Waals surface area contributed by atoms with Crippen molar-refractivity contribution in [1.29, 1.82) is 0 Å². The van der Waals surface area contributed by atoms with E-state index in [0.717, 1.165) is 17.3 Å². The van der Waals surface area contributed by atoms with Gasteiger partial charge in [-0.15, -0.1) is 0 Å². The van der Waals surface area contributed by atoms with Gasteiger partial charge in [-0.2, -0.15) is 11.3 Å². The smallest absolute Gasteiger partial charge is 0.258 e. The number of pyridine rings is 1. The summed E-state index contributed by atoms with van der Waals surface area (Å²) in [4.78, 5) is 19.2. The van der Waals surface area contributed by atoms with Gasteiger partial charge in [0.05, 0.1) is 5.56 Å². The van der Waals surface area contributed by atoms with Crippen molar-refractivity contribution < 1.29 is 4.79 Å². The van der Waals surface area contributed by atoms with Crippen LogP contribution < -0.4 is 5.32 Å². The summed E-state index contributed by atoms with van der Waals surface area (Å²) in [5.74, 6) is 0.668. The van der Waals surface area contributed by atoms with Gasteiger partial charge >= 0.3 is 0 Å². The molecule has 1 fully saturated rings. The molecular weight excluding hydrogens is 350 g/mol. The fourth-order valence-corrected chi connectivity index (χ4v) is 3.28. The third kappa shape index (κ3) is 3.27. The van der Waals surface area contributed by atoms with Crippen molar-refractivity contribution in [2.24, 2.45) is 0 Å². The van der Waals surface area contributed by atoms with E-state index < -0.39 is 0 Å². The first-order valence-corrected chi connectivity index (χ1v) is 8.58. The van der Waals surface area contributed by atoms with Crippen LogP contribution in [-0.4, -0.2) is 28.9 Å². The Kier molecular flexibility index (Phi) is 4.26. The molecule has 1 aliphatic carbocycles. The van der Waals surface area contributed by atoms with Gasteiger partial charge in [0.25, 0.3) is 5.91 Å². The fourth-order valence-electron chi connectivity index (χ4n) is 2.29. The number of rotatable bonds is 5. The lowest BCUT2D eigenvalue weighted by Gasteiger charge is -2.23.